The van der Waals surface area contributed by atoms with Crippen molar-refractivity contribution >= 4 is 5.97 Å². The zero-order chi connectivity index (χ0) is 7.98. The monoisotopic (exact) mass is 147 g/mol. The molecule has 0 unspecified atom stereocenters. The molecule has 0 spiro atoms. The quantitative estimate of drug-likeness (QED) is 0.362. The Morgan fingerprint density at radius 3 is 2.50 bits per heavy atom. The molecule has 0 aliphatic heterocycles. The molecular formula is C6H14N2O2. The van der Waals surface area contributed by atoms with Gasteiger partial charge in [0, 0.05) is 0 Å². The van der Waals surface area contributed by atoms with Crippen LogP contribution in [0, 0.1) is 0 Å². The van der Waals surface area contributed by atoms with Gasteiger partial charge in [-0.2, -0.15) is 0 Å². The molecule has 4 nitrogen and oxygen atoms in total. The van der Waals surface area contributed by atoms with Crippen LogP contribution in [0.5, 0.6) is 0 Å². The van der Waals surface area contributed by atoms with Crippen LogP contribution in [-0.4, -0.2) is 23.7 Å². The second kappa shape index (κ2) is 5.20. The lowest BCUT2D eigenvalue weighted by Crippen LogP contribution is -2.29. The zero-order valence-corrected chi connectivity index (χ0v) is 5.92. The third kappa shape index (κ3) is 4.29. The maximum atomic E-state index is 10.1. The minimum atomic E-state index is -0.933. The number of aliphatic carboxylic acids is 1. The average Bonchev–Trinajstić information content (AvgIpc) is 1.88. The highest BCUT2D eigenvalue weighted by Crippen LogP contribution is 1.96. The Balaban J connectivity index is 3.21. The number of carboxylic acid groups (broad SMARTS) is 1. The van der Waals surface area contributed by atoms with E-state index in [2.05, 4.69) is 0 Å². The summed E-state index contributed by atoms with van der Waals surface area (Å²) in [7, 11) is 0. The molecule has 0 rings (SSSR count). The van der Waals surface area contributed by atoms with Crippen LogP contribution in [0.4, 0.5) is 0 Å². The number of hydrogen-bond acceptors (Lipinski definition) is 3. The molecule has 0 aromatic rings. The smallest absolute Gasteiger partial charge is 0.320 e. The van der Waals surface area contributed by atoms with Gasteiger partial charge in [0.05, 0.1) is 0 Å². The highest BCUT2D eigenvalue weighted by molar-refractivity contribution is 5.72. The summed E-state index contributed by atoms with van der Waals surface area (Å²) in [5.74, 6) is -0.933. The summed E-state index contributed by atoms with van der Waals surface area (Å²) in [4.78, 5) is 10.1. The lowest BCUT2D eigenvalue weighted by Gasteiger charge is -2.03. The first-order valence-electron chi connectivity index (χ1n) is 3.37. The molecule has 5 N–H and O–H groups in total. The molecular weight excluding hydrogens is 133 g/mol. The van der Waals surface area contributed by atoms with E-state index < -0.39 is 12.0 Å². The van der Waals surface area contributed by atoms with Gasteiger partial charge in [-0.1, -0.05) is 6.42 Å². The van der Waals surface area contributed by atoms with Crippen molar-refractivity contribution in [2.75, 3.05) is 6.54 Å². The molecule has 10 heavy (non-hydrogen) atoms. The molecule has 0 amide bonds. The summed E-state index contributed by atoms with van der Waals surface area (Å²) in [6.07, 6.45) is 2.16. The Hall–Kier alpha value is -0.610. The summed E-state index contributed by atoms with van der Waals surface area (Å²) in [6, 6.07) is -0.716. The fourth-order valence-electron chi connectivity index (χ4n) is 0.632. The number of unbranched alkanes of at least 4 members (excludes halogenated alkanes) is 1. The van der Waals surface area contributed by atoms with Gasteiger partial charge in [-0.05, 0) is 19.4 Å². The molecule has 60 valence electrons. The second-order valence-electron chi connectivity index (χ2n) is 2.23. The second-order valence-corrected chi connectivity index (χ2v) is 2.23. The van der Waals surface area contributed by atoms with Gasteiger partial charge in [0.1, 0.15) is 6.04 Å². The van der Waals surface area contributed by atoms with Crippen LogP contribution in [0.3, 0.4) is 0 Å². The first kappa shape index (κ1) is 9.39. The highest BCUT2D eigenvalue weighted by Gasteiger charge is 2.09. The fraction of sp³-hybridized carbons (Fsp3) is 0.833. The number of rotatable bonds is 5. The SMILES string of the molecule is NCCCC[C@H](N)[13C](=O)O. The topological polar surface area (TPSA) is 89.3 Å². The largest absolute Gasteiger partial charge is 0.480 e. The van der Waals surface area contributed by atoms with Crippen molar-refractivity contribution in [3.63, 3.8) is 0 Å². The van der Waals surface area contributed by atoms with Gasteiger partial charge in [0.2, 0.25) is 0 Å². The highest BCUT2D eigenvalue weighted by atomic mass is 16.5. The minimum Gasteiger partial charge on any atom is -0.480 e. The van der Waals surface area contributed by atoms with E-state index in [0.29, 0.717) is 13.0 Å². The average molecular weight is 147 g/mol. The van der Waals surface area contributed by atoms with Crippen LogP contribution < -0.4 is 11.5 Å². The Morgan fingerprint density at radius 2 is 2.10 bits per heavy atom. The number of carbonyl (C=O) groups is 1. The van der Waals surface area contributed by atoms with Crippen molar-refractivity contribution < 1.29 is 9.90 Å². The first-order valence-corrected chi connectivity index (χ1v) is 3.37. The van der Waals surface area contributed by atoms with Crippen molar-refractivity contribution in [2.24, 2.45) is 11.5 Å². The molecule has 0 saturated heterocycles. The molecule has 0 bridgehead atoms. The van der Waals surface area contributed by atoms with E-state index >= 15 is 0 Å². The number of nitrogens with two attached hydrogens (primary N) is 2. The van der Waals surface area contributed by atoms with Crippen LogP contribution in [0.15, 0.2) is 0 Å². The van der Waals surface area contributed by atoms with Crippen LogP contribution in [0.2, 0.25) is 0 Å². The maximum Gasteiger partial charge on any atom is 0.320 e. The van der Waals surface area contributed by atoms with Gasteiger partial charge in [-0.25, -0.2) is 0 Å². The fourth-order valence-corrected chi connectivity index (χ4v) is 0.632. The summed E-state index contributed by atoms with van der Waals surface area (Å²) in [5, 5.41) is 8.33. The van der Waals surface area contributed by atoms with Crippen molar-refractivity contribution in [1.82, 2.24) is 0 Å². The minimum absolute atomic E-state index is 0.520. The Labute approximate surface area is 60.2 Å². The lowest BCUT2D eigenvalue weighted by atomic mass is 10.2. The third-order valence-electron chi connectivity index (χ3n) is 1.29. The van der Waals surface area contributed by atoms with E-state index in [0.717, 1.165) is 12.8 Å². The zero-order valence-electron chi connectivity index (χ0n) is 5.92. The Morgan fingerprint density at radius 1 is 1.50 bits per heavy atom. The Bertz CT molecular complexity index is 106. The molecule has 1 atom stereocenters. The molecule has 0 saturated carbocycles. The molecule has 0 aromatic carbocycles. The van der Waals surface area contributed by atoms with Gasteiger partial charge >= 0.3 is 5.97 Å². The molecule has 4 heteroatoms. The summed E-state index contributed by atoms with van der Waals surface area (Å²) >= 11 is 0. The molecule has 0 aliphatic carbocycles. The van der Waals surface area contributed by atoms with Gasteiger partial charge in [-0.3, -0.25) is 4.79 Å². The van der Waals surface area contributed by atoms with Gasteiger partial charge in [0.15, 0.2) is 0 Å². The molecule has 0 aromatic heterocycles. The summed E-state index contributed by atoms with van der Waals surface area (Å²) in [6.45, 7) is 0.604. The van der Waals surface area contributed by atoms with E-state index in [1.165, 1.54) is 0 Å². The van der Waals surface area contributed by atoms with Crippen molar-refractivity contribution in [3.05, 3.63) is 0 Å². The van der Waals surface area contributed by atoms with Crippen LogP contribution in [0.25, 0.3) is 0 Å². The van der Waals surface area contributed by atoms with E-state index in [1.54, 1.807) is 0 Å². The van der Waals surface area contributed by atoms with Crippen LogP contribution >= 0.6 is 0 Å². The molecule has 0 aliphatic rings. The predicted octanol–water partition coefficient (Wildman–Crippen LogP) is -0.473. The van der Waals surface area contributed by atoms with E-state index in [1.807, 2.05) is 0 Å². The number of hydrogen-bond donors (Lipinski definition) is 3. The third-order valence-corrected chi connectivity index (χ3v) is 1.29. The summed E-state index contributed by atoms with van der Waals surface area (Å²) < 4.78 is 0. The van der Waals surface area contributed by atoms with Gasteiger partial charge < -0.3 is 16.6 Å². The van der Waals surface area contributed by atoms with Gasteiger partial charge in [-0.15, -0.1) is 0 Å². The lowest BCUT2D eigenvalue weighted by molar-refractivity contribution is -0.138. The van der Waals surface area contributed by atoms with Crippen molar-refractivity contribution in [2.45, 2.75) is 25.3 Å². The Kier molecular flexibility index (Phi) is 4.88. The normalized spacial score (nSPS) is 13.0. The van der Waals surface area contributed by atoms with Gasteiger partial charge in [0.25, 0.3) is 0 Å². The van der Waals surface area contributed by atoms with Crippen molar-refractivity contribution in [1.29, 1.82) is 0 Å². The molecule has 0 fully saturated rings. The number of carboxylic acids is 1. The van der Waals surface area contributed by atoms with E-state index in [4.69, 9.17) is 16.6 Å². The van der Waals surface area contributed by atoms with E-state index in [9.17, 15) is 4.79 Å². The molecule has 0 radical (unpaired) electrons. The predicted molar refractivity (Wildman–Crippen MR) is 38.5 cm³/mol. The van der Waals surface area contributed by atoms with Crippen LogP contribution in [0.1, 0.15) is 19.3 Å². The first-order chi connectivity index (χ1) is 4.68. The molecule has 0 heterocycles. The maximum absolute atomic E-state index is 10.1. The summed E-state index contributed by atoms with van der Waals surface area (Å²) in [5.41, 5.74) is 10.4. The van der Waals surface area contributed by atoms with Crippen LogP contribution in [-0.2, 0) is 4.79 Å². The standard InChI is InChI=1S/C6H14N2O2/c7-4-2-1-3-5(8)6(9)10/h5H,1-4,7-8H2,(H,9,10)/t5-/m0/s1/i6+1. The van der Waals surface area contributed by atoms with Crippen molar-refractivity contribution in [3.8, 4) is 0 Å². The van der Waals surface area contributed by atoms with E-state index in [-0.39, 0.29) is 0 Å².